The minimum absolute atomic E-state index is 0.182. The molecule has 5 nitrogen and oxygen atoms in total. The number of aromatic nitrogens is 2. The maximum absolute atomic E-state index is 5.51. The van der Waals surface area contributed by atoms with Crippen LogP contribution in [0, 0.1) is 0 Å². The molecule has 11 aromatic rings. The first-order chi connectivity index (χ1) is 29.2. The van der Waals surface area contributed by atoms with Gasteiger partial charge in [-0.25, -0.2) is 4.99 Å². The summed E-state index contributed by atoms with van der Waals surface area (Å²) in [6.07, 6.45) is 1.98. The molecule has 278 valence electrons. The summed E-state index contributed by atoms with van der Waals surface area (Å²) in [7, 11) is 0. The number of nitrogens with one attached hydrogen (secondary N) is 2. The smallest absolute Gasteiger partial charge is 0.209 e. The van der Waals surface area contributed by atoms with E-state index in [0.717, 1.165) is 56.3 Å². The molecule has 0 aliphatic carbocycles. The molecule has 0 saturated carbocycles. The molecule has 0 spiro atoms. The van der Waals surface area contributed by atoms with E-state index in [1.165, 1.54) is 54.3 Å². The van der Waals surface area contributed by atoms with Gasteiger partial charge in [0.15, 0.2) is 0 Å². The molecule has 59 heavy (non-hydrogen) atoms. The van der Waals surface area contributed by atoms with Gasteiger partial charge in [0.25, 0.3) is 0 Å². The topological polar surface area (TPSA) is 46.3 Å². The Bertz CT molecular complexity index is 3520. The molecule has 0 fully saturated rings. The number of aliphatic imine (C=N–C) groups is 1. The standard InChI is InChI=1S/C54H37N5/c1-2-37-47(55-35-17-5-3-6-18-35)31-30-44-50-41-24-11-9-21-38(41)39-22-10-12-25-42(39)53(50)59(52(37)44)54-56-46-27-15-13-26-43(46)51(57-54)34-29-32-49-45(33-34)40-23-14-16-28-48(40)58(49)36-19-7-4-8-20-36/h2-33,51,55H,1H2,(H,56,57). The van der Waals surface area contributed by atoms with Crippen LogP contribution in [-0.2, 0) is 0 Å². The summed E-state index contributed by atoms with van der Waals surface area (Å²) < 4.78 is 4.74. The summed E-state index contributed by atoms with van der Waals surface area (Å²) in [5.41, 5.74) is 11.9. The number of para-hydroxylation sites is 4. The van der Waals surface area contributed by atoms with Gasteiger partial charge in [0.05, 0.1) is 33.8 Å². The van der Waals surface area contributed by atoms with Gasteiger partial charge in [-0.3, -0.25) is 4.57 Å². The van der Waals surface area contributed by atoms with Crippen LogP contribution in [-0.4, -0.2) is 15.1 Å². The molecule has 1 aliphatic rings. The van der Waals surface area contributed by atoms with Crippen molar-refractivity contribution in [1.29, 1.82) is 0 Å². The summed E-state index contributed by atoms with van der Waals surface area (Å²) in [4.78, 5) is 5.51. The Hall–Kier alpha value is -7.89. The van der Waals surface area contributed by atoms with Gasteiger partial charge in [-0.1, -0.05) is 146 Å². The molecule has 2 aromatic heterocycles. The second-order valence-corrected chi connectivity index (χ2v) is 15.3. The van der Waals surface area contributed by atoms with E-state index in [4.69, 9.17) is 4.99 Å². The molecule has 3 heterocycles. The number of anilines is 2. The fourth-order valence-electron chi connectivity index (χ4n) is 9.58. The highest BCUT2D eigenvalue weighted by Gasteiger charge is 2.29. The number of hydrogen-bond donors (Lipinski definition) is 2. The van der Waals surface area contributed by atoms with E-state index in [1.54, 1.807) is 0 Å². The molecule has 0 radical (unpaired) electrons. The molecule has 0 saturated heterocycles. The monoisotopic (exact) mass is 755 g/mol. The minimum atomic E-state index is -0.182. The van der Waals surface area contributed by atoms with Crippen molar-refractivity contribution in [3.8, 4) is 5.69 Å². The van der Waals surface area contributed by atoms with Crippen molar-refractivity contribution in [3.05, 3.63) is 211 Å². The van der Waals surface area contributed by atoms with Crippen molar-refractivity contribution in [1.82, 2.24) is 14.5 Å². The van der Waals surface area contributed by atoms with Crippen LogP contribution in [0.1, 0.15) is 22.7 Å². The third-order valence-electron chi connectivity index (χ3n) is 12.1. The Kier molecular flexibility index (Phi) is 7.38. The van der Waals surface area contributed by atoms with Crippen LogP contribution in [0.3, 0.4) is 0 Å². The van der Waals surface area contributed by atoms with E-state index < -0.39 is 0 Å². The van der Waals surface area contributed by atoms with Crippen molar-refractivity contribution in [3.63, 3.8) is 0 Å². The summed E-state index contributed by atoms with van der Waals surface area (Å²) in [5.74, 6) is 0.765. The normalized spacial score (nSPS) is 13.9. The highest BCUT2D eigenvalue weighted by Crippen LogP contribution is 2.45. The fraction of sp³-hybridized carbons (Fsp3) is 0.0185. The molecule has 1 unspecified atom stereocenters. The lowest BCUT2D eigenvalue weighted by Gasteiger charge is -2.29. The van der Waals surface area contributed by atoms with Crippen LogP contribution in [0.15, 0.2) is 200 Å². The molecule has 0 bridgehead atoms. The fourth-order valence-corrected chi connectivity index (χ4v) is 9.58. The number of rotatable bonds is 5. The van der Waals surface area contributed by atoms with Gasteiger partial charge in [-0.2, -0.15) is 0 Å². The molecule has 12 rings (SSSR count). The Balaban J connectivity index is 1.14. The zero-order valence-corrected chi connectivity index (χ0v) is 32.1. The Morgan fingerprint density at radius 1 is 0.525 bits per heavy atom. The van der Waals surface area contributed by atoms with Crippen molar-refractivity contribution < 1.29 is 0 Å². The van der Waals surface area contributed by atoms with Crippen molar-refractivity contribution in [2.45, 2.75) is 6.04 Å². The van der Waals surface area contributed by atoms with Gasteiger partial charge in [0.1, 0.15) is 0 Å². The van der Waals surface area contributed by atoms with Gasteiger partial charge in [-0.15, -0.1) is 0 Å². The zero-order chi connectivity index (χ0) is 39.0. The second kappa shape index (κ2) is 13.1. The number of fused-ring (bicyclic) bond motifs is 12. The van der Waals surface area contributed by atoms with Crippen LogP contribution in [0.25, 0.3) is 76.9 Å². The van der Waals surface area contributed by atoms with Crippen LogP contribution in [0.4, 0.5) is 17.1 Å². The Morgan fingerprint density at radius 2 is 1.17 bits per heavy atom. The predicted octanol–water partition coefficient (Wildman–Crippen LogP) is 13.8. The van der Waals surface area contributed by atoms with Gasteiger partial charge in [-0.05, 0) is 76.3 Å². The van der Waals surface area contributed by atoms with Crippen LogP contribution < -0.4 is 10.6 Å². The summed E-state index contributed by atoms with van der Waals surface area (Å²) in [6.45, 7) is 4.42. The first kappa shape index (κ1) is 33.3. The van der Waals surface area contributed by atoms with E-state index in [-0.39, 0.29) is 6.04 Å². The van der Waals surface area contributed by atoms with E-state index in [0.29, 0.717) is 0 Å². The lowest BCUT2D eigenvalue weighted by molar-refractivity contribution is 0.732. The predicted molar refractivity (Wildman–Crippen MR) is 249 cm³/mol. The number of hydrogen-bond acceptors (Lipinski definition) is 3. The SMILES string of the molecule is C=Cc1c(Nc2ccccc2)ccc2c3c4ccccc4c4ccccc4c3n(C3=Nc4ccccc4C(c4ccc5c(c4)c4ccccc4n5-c4ccccc4)N3)c12. The van der Waals surface area contributed by atoms with Gasteiger partial charge >= 0.3 is 0 Å². The quantitative estimate of drug-likeness (QED) is 0.172. The Labute approximate surface area is 340 Å². The highest BCUT2D eigenvalue weighted by atomic mass is 15.2. The molecule has 9 aromatic carbocycles. The molecule has 0 amide bonds. The van der Waals surface area contributed by atoms with Crippen LogP contribution >= 0.6 is 0 Å². The third kappa shape index (κ3) is 5.01. The number of benzene rings is 9. The zero-order valence-electron chi connectivity index (χ0n) is 32.1. The second-order valence-electron chi connectivity index (χ2n) is 15.3. The summed E-state index contributed by atoms with van der Waals surface area (Å²) >= 11 is 0. The van der Waals surface area contributed by atoms with Crippen molar-refractivity contribution in [2.24, 2.45) is 4.99 Å². The van der Waals surface area contributed by atoms with E-state index in [9.17, 15) is 0 Å². The number of nitrogens with zero attached hydrogens (tertiary/aromatic N) is 3. The first-order valence-electron chi connectivity index (χ1n) is 20.1. The minimum Gasteiger partial charge on any atom is -0.355 e. The average molecular weight is 756 g/mol. The van der Waals surface area contributed by atoms with Gasteiger partial charge < -0.3 is 15.2 Å². The summed E-state index contributed by atoms with van der Waals surface area (Å²) in [6, 6.07) is 67.0. The lowest BCUT2D eigenvalue weighted by atomic mass is 9.94. The highest BCUT2D eigenvalue weighted by molar-refractivity contribution is 6.34. The molecular formula is C54H37N5. The molecule has 1 aliphatic heterocycles. The molecule has 5 heteroatoms. The largest absolute Gasteiger partial charge is 0.355 e. The van der Waals surface area contributed by atoms with Crippen molar-refractivity contribution in [2.75, 3.05) is 5.32 Å². The van der Waals surface area contributed by atoms with E-state index >= 15 is 0 Å². The van der Waals surface area contributed by atoms with Crippen LogP contribution in [0.2, 0.25) is 0 Å². The summed E-state index contributed by atoms with van der Waals surface area (Å²) in [5, 5.41) is 17.3. The average Bonchev–Trinajstić information content (AvgIpc) is 3.83. The first-order valence-corrected chi connectivity index (χ1v) is 20.1. The van der Waals surface area contributed by atoms with Crippen molar-refractivity contribution >= 4 is 94.3 Å². The maximum Gasteiger partial charge on any atom is 0.209 e. The molecule has 2 N–H and O–H groups in total. The Morgan fingerprint density at radius 3 is 1.97 bits per heavy atom. The molecule has 1 atom stereocenters. The molecular weight excluding hydrogens is 719 g/mol. The van der Waals surface area contributed by atoms with E-state index in [2.05, 4.69) is 208 Å². The van der Waals surface area contributed by atoms with E-state index in [1.807, 2.05) is 12.1 Å². The maximum atomic E-state index is 5.51. The van der Waals surface area contributed by atoms with Gasteiger partial charge in [0, 0.05) is 55.1 Å². The van der Waals surface area contributed by atoms with Crippen LogP contribution in [0.5, 0.6) is 0 Å². The third-order valence-corrected chi connectivity index (χ3v) is 12.1. The van der Waals surface area contributed by atoms with Gasteiger partial charge in [0.2, 0.25) is 5.96 Å². The lowest BCUT2D eigenvalue weighted by Crippen LogP contribution is -2.36.